The second kappa shape index (κ2) is 1.25. The highest BCUT2D eigenvalue weighted by Gasteiger charge is 2.48. The van der Waals surface area contributed by atoms with Gasteiger partial charge in [0.25, 0.3) is 0 Å². The monoisotopic (exact) mass is 112 g/mol. The molecule has 8 heavy (non-hydrogen) atoms. The molecule has 0 aromatic heterocycles. The topological polar surface area (TPSA) is 6.48 Å². The van der Waals surface area contributed by atoms with Crippen LogP contribution in [0.3, 0.4) is 0 Å². The minimum absolute atomic E-state index is 0.917. The first kappa shape index (κ1) is 4.77. The quantitative estimate of drug-likeness (QED) is 0.434. The van der Waals surface area contributed by atoms with Gasteiger partial charge in [-0.3, -0.25) is 9.80 Å². The maximum Gasteiger partial charge on any atom is 0.0507 e. The molecular formula is C6H12N2. The zero-order valence-corrected chi connectivity index (χ0v) is 5.46. The number of rotatable bonds is 0. The summed E-state index contributed by atoms with van der Waals surface area (Å²) >= 11 is 0. The molecule has 1 unspecified atom stereocenters. The zero-order valence-electron chi connectivity index (χ0n) is 5.46. The molecule has 1 aliphatic carbocycles. The van der Waals surface area contributed by atoms with Crippen LogP contribution in [0.1, 0.15) is 6.42 Å². The summed E-state index contributed by atoms with van der Waals surface area (Å²) < 4.78 is 0. The number of fused-ring (bicyclic) bond motifs is 1. The van der Waals surface area contributed by atoms with Crippen molar-refractivity contribution in [1.29, 1.82) is 0 Å². The van der Waals surface area contributed by atoms with Gasteiger partial charge in [0, 0.05) is 12.1 Å². The zero-order chi connectivity index (χ0) is 5.72. The lowest BCUT2D eigenvalue weighted by molar-refractivity contribution is 0.254. The third-order valence-corrected chi connectivity index (χ3v) is 2.30. The molecule has 1 heterocycles. The number of nitrogens with zero attached hydrogens (tertiary/aromatic N) is 2. The predicted octanol–water partition coefficient (Wildman–Crippen LogP) is -0.0380. The molecule has 0 N–H and O–H groups in total. The van der Waals surface area contributed by atoms with Crippen LogP contribution in [0.4, 0.5) is 0 Å². The Balaban J connectivity index is 2.09. The van der Waals surface area contributed by atoms with Crippen LogP contribution >= 0.6 is 0 Å². The van der Waals surface area contributed by atoms with Crippen LogP contribution in [0.15, 0.2) is 0 Å². The van der Waals surface area contributed by atoms with E-state index in [0.29, 0.717) is 0 Å². The summed E-state index contributed by atoms with van der Waals surface area (Å²) in [5.41, 5.74) is 0. The minimum Gasteiger partial charge on any atom is -0.289 e. The highest BCUT2D eigenvalue weighted by atomic mass is 15.4. The molecule has 0 radical (unpaired) electrons. The van der Waals surface area contributed by atoms with Gasteiger partial charge in [0.1, 0.15) is 0 Å². The number of likely N-dealkylation sites (N-methyl/N-ethyl adjacent to an activating group) is 2. The molecular weight excluding hydrogens is 100 g/mol. The Hall–Kier alpha value is -0.0800. The van der Waals surface area contributed by atoms with Gasteiger partial charge in [-0.2, -0.15) is 0 Å². The molecule has 2 atom stereocenters. The highest BCUT2D eigenvalue weighted by Crippen LogP contribution is 2.36. The molecule has 0 aromatic carbocycles. The number of hydrogen-bond donors (Lipinski definition) is 0. The first-order chi connectivity index (χ1) is 3.79. The van der Waals surface area contributed by atoms with Gasteiger partial charge < -0.3 is 0 Å². The second-order valence-corrected chi connectivity index (χ2v) is 3.03. The van der Waals surface area contributed by atoms with Gasteiger partial charge >= 0.3 is 0 Å². The lowest BCUT2D eigenvalue weighted by atomic mass is 10.6. The van der Waals surface area contributed by atoms with Crippen molar-refractivity contribution in [3.63, 3.8) is 0 Å². The largest absolute Gasteiger partial charge is 0.289 e. The lowest BCUT2D eigenvalue weighted by Gasteiger charge is -2.13. The molecule has 0 bridgehead atoms. The fourth-order valence-corrected chi connectivity index (χ4v) is 1.68. The van der Waals surface area contributed by atoms with Crippen molar-refractivity contribution in [2.45, 2.75) is 18.5 Å². The fraction of sp³-hybridized carbons (Fsp3) is 1.00. The van der Waals surface area contributed by atoms with Crippen LogP contribution in [0, 0.1) is 0 Å². The molecule has 2 heteroatoms. The van der Waals surface area contributed by atoms with Gasteiger partial charge in [0.05, 0.1) is 6.67 Å². The molecule has 2 rings (SSSR count). The van der Waals surface area contributed by atoms with Crippen LogP contribution in [-0.4, -0.2) is 42.6 Å². The van der Waals surface area contributed by atoms with Crippen LogP contribution in [0.2, 0.25) is 0 Å². The Kier molecular flexibility index (Phi) is 0.746. The normalized spacial score (nSPS) is 47.2. The maximum atomic E-state index is 2.42. The molecule has 0 spiro atoms. The van der Waals surface area contributed by atoms with Crippen molar-refractivity contribution in [3.8, 4) is 0 Å². The Labute approximate surface area is 50.1 Å². The molecule has 0 aromatic rings. The van der Waals surface area contributed by atoms with E-state index in [1.165, 1.54) is 13.1 Å². The van der Waals surface area contributed by atoms with E-state index < -0.39 is 0 Å². The Bertz CT molecular complexity index is 97.1. The fourth-order valence-electron chi connectivity index (χ4n) is 1.68. The van der Waals surface area contributed by atoms with E-state index >= 15 is 0 Å². The van der Waals surface area contributed by atoms with Crippen molar-refractivity contribution >= 4 is 0 Å². The van der Waals surface area contributed by atoms with E-state index in [4.69, 9.17) is 0 Å². The van der Waals surface area contributed by atoms with Crippen LogP contribution in [-0.2, 0) is 0 Å². The predicted molar refractivity (Wildman–Crippen MR) is 32.6 cm³/mol. The minimum atomic E-state index is 0.917. The average molecular weight is 112 g/mol. The molecule has 1 aliphatic heterocycles. The molecule has 46 valence electrons. The first-order valence-corrected chi connectivity index (χ1v) is 3.19. The van der Waals surface area contributed by atoms with Gasteiger partial charge in [0.2, 0.25) is 0 Å². The third-order valence-electron chi connectivity index (χ3n) is 2.30. The van der Waals surface area contributed by atoms with Crippen LogP contribution < -0.4 is 0 Å². The van der Waals surface area contributed by atoms with Crippen molar-refractivity contribution in [1.82, 2.24) is 9.80 Å². The molecule has 1 saturated carbocycles. The Morgan fingerprint density at radius 1 is 1.12 bits per heavy atom. The van der Waals surface area contributed by atoms with E-state index in [-0.39, 0.29) is 0 Å². The summed E-state index contributed by atoms with van der Waals surface area (Å²) in [7, 11) is 4.41. The highest BCUT2D eigenvalue weighted by molar-refractivity contribution is 5.05. The molecule has 2 fully saturated rings. The summed E-state index contributed by atoms with van der Waals surface area (Å²) in [5.74, 6) is 0. The Morgan fingerprint density at radius 2 is 1.62 bits per heavy atom. The molecule has 2 nitrogen and oxygen atoms in total. The third kappa shape index (κ3) is 0.446. The van der Waals surface area contributed by atoms with E-state index in [9.17, 15) is 0 Å². The van der Waals surface area contributed by atoms with Crippen LogP contribution in [0.5, 0.6) is 0 Å². The SMILES string of the molecule is CN1CN(C)[C@@H]2CC21. The number of hydrogen-bond acceptors (Lipinski definition) is 2. The van der Waals surface area contributed by atoms with Gasteiger partial charge in [-0.25, -0.2) is 0 Å². The molecule has 2 aliphatic rings. The smallest absolute Gasteiger partial charge is 0.0507 e. The van der Waals surface area contributed by atoms with E-state index in [1.54, 1.807) is 0 Å². The standard InChI is InChI=1S/C6H12N2/c1-7-4-8(2)6-3-5(6)7/h5-6H,3-4H2,1-2H3/t5-,6?/m1/s1. The lowest BCUT2D eigenvalue weighted by Crippen LogP contribution is -2.24. The van der Waals surface area contributed by atoms with E-state index in [2.05, 4.69) is 23.9 Å². The van der Waals surface area contributed by atoms with Gasteiger partial charge in [0.15, 0.2) is 0 Å². The van der Waals surface area contributed by atoms with E-state index in [0.717, 1.165) is 12.1 Å². The van der Waals surface area contributed by atoms with Crippen molar-refractivity contribution in [2.24, 2.45) is 0 Å². The van der Waals surface area contributed by atoms with Gasteiger partial charge in [-0.1, -0.05) is 0 Å². The average Bonchev–Trinajstić information content (AvgIpc) is 2.35. The molecule has 0 amide bonds. The molecule has 1 saturated heterocycles. The van der Waals surface area contributed by atoms with Crippen molar-refractivity contribution in [2.75, 3.05) is 20.8 Å². The summed E-state index contributed by atoms with van der Waals surface area (Å²) in [6.45, 7) is 1.18. The van der Waals surface area contributed by atoms with Gasteiger partial charge in [-0.05, 0) is 20.5 Å². The first-order valence-electron chi connectivity index (χ1n) is 3.19. The van der Waals surface area contributed by atoms with E-state index in [1.807, 2.05) is 0 Å². The summed E-state index contributed by atoms with van der Waals surface area (Å²) in [5, 5.41) is 0. The van der Waals surface area contributed by atoms with Crippen LogP contribution in [0.25, 0.3) is 0 Å². The summed E-state index contributed by atoms with van der Waals surface area (Å²) in [6, 6.07) is 1.83. The maximum absolute atomic E-state index is 2.42. The second-order valence-electron chi connectivity index (χ2n) is 3.03. The van der Waals surface area contributed by atoms with Gasteiger partial charge in [-0.15, -0.1) is 0 Å². The summed E-state index contributed by atoms with van der Waals surface area (Å²) in [4.78, 5) is 4.84. The Morgan fingerprint density at radius 3 is 1.75 bits per heavy atom. The van der Waals surface area contributed by atoms with Crippen molar-refractivity contribution in [3.05, 3.63) is 0 Å². The summed E-state index contributed by atoms with van der Waals surface area (Å²) in [6.07, 6.45) is 1.41. The van der Waals surface area contributed by atoms with Crippen molar-refractivity contribution < 1.29 is 0 Å².